The van der Waals surface area contributed by atoms with Crippen LogP contribution in [0.3, 0.4) is 0 Å². The predicted molar refractivity (Wildman–Crippen MR) is 117 cm³/mol. The molecule has 0 bridgehead atoms. The molecule has 3 rings (SSSR count). The van der Waals surface area contributed by atoms with Crippen molar-refractivity contribution in [3.8, 4) is 5.75 Å². The second-order valence-corrected chi connectivity index (χ2v) is 7.86. The number of amides is 2. The summed E-state index contributed by atoms with van der Waals surface area (Å²) in [6.07, 6.45) is -0.913. The van der Waals surface area contributed by atoms with E-state index in [1.54, 1.807) is 11.0 Å². The van der Waals surface area contributed by atoms with Gasteiger partial charge >= 0.3 is 5.97 Å². The summed E-state index contributed by atoms with van der Waals surface area (Å²) in [5.41, 5.74) is 3.71. The number of carbonyl (C=O) groups excluding carboxylic acids is 3. The number of ether oxygens (including phenoxy) is 2. The lowest BCUT2D eigenvalue weighted by atomic mass is 10.1. The first kappa shape index (κ1) is 22.3. The van der Waals surface area contributed by atoms with Gasteiger partial charge in [0, 0.05) is 19.5 Å². The number of nitrogens with one attached hydrogen (secondary N) is 1. The Morgan fingerprint density at radius 1 is 1.13 bits per heavy atom. The molecule has 0 spiro atoms. The van der Waals surface area contributed by atoms with E-state index >= 15 is 0 Å². The number of methoxy groups -OCH3 is 1. The number of carbonyl (C=O) groups is 3. The molecule has 7 heteroatoms. The van der Waals surface area contributed by atoms with Crippen molar-refractivity contribution in [2.24, 2.45) is 5.92 Å². The first-order valence-electron chi connectivity index (χ1n) is 10.3. The standard InChI is InChI=1S/C24H28N2O5/c1-15-5-8-18(9-6-15)13-25-23(28)17(3)31-24(29)19-12-22(27)26(14-19)20-11-16(2)7-10-21(20)30-4/h5-11,17,19H,12-14H2,1-4H3,(H,25,28)/t17-,19+/m1/s1. The van der Waals surface area contributed by atoms with Gasteiger partial charge in [0.2, 0.25) is 5.91 Å². The summed E-state index contributed by atoms with van der Waals surface area (Å²) in [6.45, 7) is 5.99. The van der Waals surface area contributed by atoms with E-state index in [4.69, 9.17) is 9.47 Å². The summed E-state index contributed by atoms with van der Waals surface area (Å²) >= 11 is 0. The van der Waals surface area contributed by atoms with Crippen LogP contribution < -0.4 is 15.0 Å². The van der Waals surface area contributed by atoms with Crippen molar-refractivity contribution in [2.45, 2.75) is 39.8 Å². The van der Waals surface area contributed by atoms with Gasteiger partial charge in [-0.3, -0.25) is 14.4 Å². The van der Waals surface area contributed by atoms with Gasteiger partial charge in [0.05, 0.1) is 18.7 Å². The molecule has 164 valence electrons. The first-order valence-corrected chi connectivity index (χ1v) is 10.3. The van der Waals surface area contributed by atoms with Crippen LogP contribution in [0.1, 0.15) is 30.0 Å². The Morgan fingerprint density at radius 2 is 1.81 bits per heavy atom. The molecule has 0 radical (unpaired) electrons. The van der Waals surface area contributed by atoms with Crippen LogP contribution in [0.5, 0.6) is 5.75 Å². The van der Waals surface area contributed by atoms with E-state index < -0.39 is 18.0 Å². The largest absolute Gasteiger partial charge is 0.495 e. The molecule has 2 aromatic carbocycles. The lowest BCUT2D eigenvalue weighted by Gasteiger charge is -2.20. The van der Waals surface area contributed by atoms with Gasteiger partial charge in [-0.2, -0.15) is 0 Å². The summed E-state index contributed by atoms with van der Waals surface area (Å²) in [6, 6.07) is 13.4. The minimum Gasteiger partial charge on any atom is -0.495 e. The molecular weight excluding hydrogens is 396 g/mol. The lowest BCUT2D eigenvalue weighted by molar-refractivity contribution is -0.158. The molecule has 1 aliphatic heterocycles. The SMILES string of the molecule is COc1ccc(C)cc1N1C[C@@H](C(=O)O[C@H](C)C(=O)NCc2ccc(C)cc2)CC1=O. The summed E-state index contributed by atoms with van der Waals surface area (Å²) in [7, 11) is 1.54. The maximum atomic E-state index is 12.6. The fourth-order valence-electron chi connectivity index (χ4n) is 3.47. The highest BCUT2D eigenvalue weighted by Crippen LogP contribution is 2.34. The predicted octanol–water partition coefficient (Wildman–Crippen LogP) is 2.91. The normalized spacial score (nSPS) is 16.7. The van der Waals surface area contributed by atoms with Crippen molar-refractivity contribution in [3.05, 3.63) is 59.2 Å². The van der Waals surface area contributed by atoms with Crippen LogP contribution >= 0.6 is 0 Å². The van der Waals surface area contributed by atoms with Crippen LogP contribution in [0.25, 0.3) is 0 Å². The second kappa shape index (κ2) is 9.64. The Bertz CT molecular complexity index is 970. The van der Waals surface area contributed by atoms with Crippen molar-refractivity contribution >= 4 is 23.5 Å². The number of rotatable bonds is 7. The Morgan fingerprint density at radius 3 is 2.48 bits per heavy atom. The number of aryl methyl sites for hydroxylation is 2. The zero-order valence-corrected chi connectivity index (χ0v) is 18.3. The molecule has 0 aliphatic carbocycles. The summed E-state index contributed by atoms with van der Waals surface area (Å²) < 4.78 is 10.7. The zero-order chi connectivity index (χ0) is 22.5. The Labute approximate surface area is 182 Å². The average Bonchev–Trinajstić information content (AvgIpc) is 3.14. The van der Waals surface area contributed by atoms with E-state index in [1.165, 1.54) is 14.0 Å². The molecule has 1 heterocycles. The van der Waals surface area contributed by atoms with Crippen molar-refractivity contribution in [1.82, 2.24) is 5.32 Å². The molecular formula is C24H28N2O5. The third kappa shape index (κ3) is 5.42. The monoisotopic (exact) mass is 424 g/mol. The molecule has 1 aliphatic rings. The highest BCUT2D eigenvalue weighted by molar-refractivity contribution is 6.00. The Balaban J connectivity index is 1.57. The Hall–Kier alpha value is -3.35. The van der Waals surface area contributed by atoms with E-state index in [0.717, 1.165) is 16.7 Å². The number of esters is 1. The van der Waals surface area contributed by atoms with E-state index in [2.05, 4.69) is 5.32 Å². The molecule has 2 amide bonds. The molecule has 1 N–H and O–H groups in total. The van der Waals surface area contributed by atoms with Crippen molar-refractivity contribution < 1.29 is 23.9 Å². The summed E-state index contributed by atoms with van der Waals surface area (Å²) in [5.74, 6) is -1.18. The van der Waals surface area contributed by atoms with Crippen LogP contribution in [-0.4, -0.2) is 37.5 Å². The van der Waals surface area contributed by atoms with Gasteiger partial charge in [0.1, 0.15) is 5.75 Å². The topological polar surface area (TPSA) is 84.9 Å². The van der Waals surface area contributed by atoms with Crippen LogP contribution in [0.4, 0.5) is 5.69 Å². The smallest absolute Gasteiger partial charge is 0.312 e. The van der Waals surface area contributed by atoms with Crippen molar-refractivity contribution in [2.75, 3.05) is 18.6 Å². The molecule has 1 fully saturated rings. The summed E-state index contributed by atoms with van der Waals surface area (Å²) in [4.78, 5) is 39.0. The van der Waals surface area contributed by atoms with E-state index in [9.17, 15) is 14.4 Å². The minimum atomic E-state index is -0.949. The van der Waals surface area contributed by atoms with Crippen molar-refractivity contribution in [3.63, 3.8) is 0 Å². The number of hydrogen-bond acceptors (Lipinski definition) is 5. The Kier molecular flexibility index (Phi) is 6.95. The molecule has 31 heavy (non-hydrogen) atoms. The van der Waals surface area contributed by atoms with Gasteiger partial charge in [-0.1, -0.05) is 35.9 Å². The molecule has 2 atom stereocenters. The molecule has 0 aromatic heterocycles. The van der Waals surface area contributed by atoms with Crippen molar-refractivity contribution in [1.29, 1.82) is 0 Å². The van der Waals surface area contributed by atoms with Gasteiger partial charge in [-0.25, -0.2) is 0 Å². The van der Waals surface area contributed by atoms with Crippen LogP contribution in [-0.2, 0) is 25.7 Å². The number of nitrogens with zero attached hydrogens (tertiary/aromatic N) is 1. The molecule has 1 saturated heterocycles. The van der Waals surface area contributed by atoms with Gasteiger partial charge in [-0.05, 0) is 44.0 Å². The van der Waals surface area contributed by atoms with Crippen LogP contribution in [0, 0.1) is 19.8 Å². The number of anilines is 1. The number of benzene rings is 2. The molecule has 0 unspecified atom stereocenters. The third-order valence-corrected chi connectivity index (χ3v) is 5.33. The fourth-order valence-corrected chi connectivity index (χ4v) is 3.47. The lowest BCUT2D eigenvalue weighted by Crippen LogP contribution is -2.37. The maximum Gasteiger partial charge on any atom is 0.312 e. The van der Waals surface area contributed by atoms with Gasteiger partial charge in [0.15, 0.2) is 6.10 Å². The molecule has 2 aromatic rings. The van der Waals surface area contributed by atoms with Gasteiger partial charge in [-0.15, -0.1) is 0 Å². The second-order valence-electron chi connectivity index (χ2n) is 7.86. The van der Waals surface area contributed by atoms with Crippen LogP contribution in [0.2, 0.25) is 0 Å². The van der Waals surface area contributed by atoms with Gasteiger partial charge < -0.3 is 19.7 Å². The highest BCUT2D eigenvalue weighted by Gasteiger charge is 2.38. The van der Waals surface area contributed by atoms with E-state index in [1.807, 2.05) is 50.2 Å². The molecule has 7 nitrogen and oxygen atoms in total. The van der Waals surface area contributed by atoms with E-state index in [-0.39, 0.29) is 24.8 Å². The fraction of sp³-hybridized carbons (Fsp3) is 0.375. The average molecular weight is 424 g/mol. The highest BCUT2D eigenvalue weighted by atomic mass is 16.5. The van der Waals surface area contributed by atoms with Crippen LogP contribution in [0.15, 0.2) is 42.5 Å². The molecule has 0 saturated carbocycles. The zero-order valence-electron chi connectivity index (χ0n) is 18.3. The first-order chi connectivity index (χ1) is 14.8. The van der Waals surface area contributed by atoms with Gasteiger partial charge in [0.25, 0.3) is 5.91 Å². The summed E-state index contributed by atoms with van der Waals surface area (Å²) in [5, 5.41) is 2.77. The third-order valence-electron chi connectivity index (χ3n) is 5.33. The maximum absolute atomic E-state index is 12.6. The quantitative estimate of drug-likeness (QED) is 0.691. The van der Waals surface area contributed by atoms with E-state index in [0.29, 0.717) is 18.0 Å². The number of hydrogen-bond donors (Lipinski definition) is 1. The minimum absolute atomic E-state index is 0.0354.